The first-order valence-electron chi connectivity index (χ1n) is 10.0. The molecule has 0 aliphatic carbocycles. The van der Waals surface area contributed by atoms with E-state index in [0.717, 1.165) is 29.7 Å². The summed E-state index contributed by atoms with van der Waals surface area (Å²) in [7, 11) is 0. The van der Waals surface area contributed by atoms with Crippen LogP contribution in [0.2, 0.25) is 0 Å². The molecule has 1 heterocycles. The molecule has 0 bridgehead atoms. The lowest BCUT2D eigenvalue weighted by Crippen LogP contribution is -2.37. The minimum absolute atomic E-state index is 0.0185. The molecule has 7 heteroatoms. The van der Waals surface area contributed by atoms with Gasteiger partial charge in [0.1, 0.15) is 0 Å². The van der Waals surface area contributed by atoms with E-state index in [2.05, 4.69) is 6.92 Å². The van der Waals surface area contributed by atoms with Crippen molar-refractivity contribution >= 4 is 11.9 Å². The molecule has 1 aromatic carbocycles. The molecule has 1 saturated heterocycles. The molecule has 0 aromatic heterocycles. The maximum Gasteiger partial charge on any atom is 0.335 e. The van der Waals surface area contributed by atoms with Gasteiger partial charge in [0.05, 0.1) is 17.7 Å². The Kier molecular flexibility index (Phi) is 7.90. The van der Waals surface area contributed by atoms with Crippen molar-refractivity contribution in [1.82, 2.24) is 4.90 Å². The smallest absolute Gasteiger partial charge is 0.335 e. The number of carbonyl (C=O) groups is 2. The standard InChI is InChI=1S/C22H29F2NO4/c1-3-4-5-15(2)19(26)11-10-18-14-22(23,24)21(29)25(18)13-12-16-6-8-17(9-7-16)20(27)28/h6-11,15,18-19,26H,3-5,12-14H2,1-2H3,(H,27,28)/t15-,18-,19-/m0/s1. The number of alkyl halides is 2. The summed E-state index contributed by atoms with van der Waals surface area (Å²) in [6.07, 6.45) is 4.88. The van der Waals surface area contributed by atoms with Gasteiger partial charge in [0, 0.05) is 13.0 Å². The Morgan fingerprint density at radius 3 is 2.59 bits per heavy atom. The van der Waals surface area contributed by atoms with E-state index < -0.39 is 36.4 Å². The number of aliphatic hydroxyl groups is 1. The average Bonchev–Trinajstić information content (AvgIpc) is 2.91. The maximum absolute atomic E-state index is 14.0. The highest BCUT2D eigenvalue weighted by Gasteiger charge is 2.52. The Hall–Kier alpha value is -2.28. The highest BCUT2D eigenvalue weighted by Crippen LogP contribution is 2.34. The zero-order chi connectivity index (χ0) is 21.6. The maximum atomic E-state index is 14.0. The number of unbranched alkanes of at least 4 members (excludes halogenated alkanes) is 1. The normalized spacial score (nSPS) is 20.9. The lowest BCUT2D eigenvalue weighted by molar-refractivity contribution is -0.148. The van der Waals surface area contributed by atoms with Crippen LogP contribution < -0.4 is 0 Å². The molecule has 2 rings (SSSR count). The number of aromatic carboxylic acids is 1. The number of likely N-dealkylation sites (tertiary alicyclic amines) is 1. The minimum Gasteiger partial charge on any atom is -0.478 e. The zero-order valence-corrected chi connectivity index (χ0v) is 16.9. The zero-order valence-electron chi connectivity index (χ0n) is 16.9. The molecule has 160 valence electrons. The van der Waals surface area contributed by atoms with E-state index in [1.807, 2.05) is 6.92 Å². The second kappa shape index (κ2) is 9.96. The molecule has 29 heavy (non-hydrogen) atoms. The van der Waals surface area contributed by atoms with Gasteiger partial charge in [0.15, 0.2) is 0 Å². The van der Waals surface area contributed by atoms with Crippen molar-refractivity contribution in [2.24, 2.45) is 5.92 Å². The summed E-state index contributed by atoms with van der Waals surface area (Å²) in [6, 6.07) is 5.36. The lowest BCUT2D eigenvalue weighted by atomic mass is 9.97. The molecule has 3 atom stereocenters. The lowest BCUT2D eigenvalue weighted by Gasteiger charge is -2.22. The molecule has 1 aromatic rings. The Balaban J connectivity index is 2.03. The fourth-order valence-corrected chi connectivity index (χ4v) is 3.45. The first-order chi connectivity index (χ1) is 13.7. The summed E-state index contributed by atoms with van der Waals surface area (Å²) in [6.45, 7) is 4.07. The van der Waals surface area contributed by atoms with Gasteiger partial charge < -0.3 is 15.1 Å². The van der Waals surface area contributed by atoms with Crippen LogP contribution in [0.5, 0.6) is 0 Å². The van der Waals surface area contributed by atoms with Gasteiger partial charge in [-0.1, -0.05) is 51.0 Å². The largest absolute Gasteiger partial charge is 0.478 e. The van der Waals surface area contributed by atoms with Crippen LogP contribution in [-0.4, -0.2) is 51.6 Å². The van der Waals surface area contributed by atoms with E-state index in [9.17, 15) is 23.5 Å². The third-order valence-corrected chi connectivity index (χ3v) is 5.41. The monoisotopic (exact) mass is 409 g/mol. The predicted molar refractivity (Wildman–Crippen MR) is 106 cm³/mol. The third-order valence-electron chi connectivity index (χ3n) is 5.41. The van der Waals surface area contributed by atoms with E-state index in [0.29, 0.717) is 6.42 Å². The minimum atomic E-state index is -3.42. The number of aliphatic hydroxyl groups excluding tert-OH is 1. The van der Waals surface area contributed by atoms with Crippen LogP contribution >= 0.6 is 0 Å². The molecule has 1 aliphatic heterocycles. The fraction of sp³-hybridized carbons (Fsp3) is 0.545. The predicted octanol–water partition coefficient (Wildman–Crippen LogP) is 3.91. The van der Waals surface area contributed by atoms with Crippen LogP contribution in [0.15, 0.2) is 36.4 Å². The van der Waals surface area contributed by atoms with Gasteiger partial charge in [0.2, 0.25) is 0 Å². The summed E-state index contributed by atoms with van der Waals surface area (Å²) in [4.78, 5) is 24.2. The Morgan fingerprint density at radius 1 is 1.34 bits per heavy atom. The van der Waals surface area contributed by atoms with Crippen molar-refractivity contribution < 1.29 is 28.6 Å². The molecule has 1 amide bonds. The topological polar surface area (TPSA) is 77.8 Å². The fourth-order valence-electron chi connectivity index (χ4n) is 3.45. The van der Waals surface area contributed by atoms with Crippen molar-refractivity contribution in [1.29, 1.82) is 0 Å². The van der Waals surface area contributed by atoms with E-state index >= 15 is 0 Å². The van der Waals surface area contributed by atoms with Crippen molar-refractivity contribution in [3.05, 3.63) is 47.5 Å². The molecular weight excluding hydrogens is 380 g/mol. The van der Waals surface area contributed by atoms with Crippen LogP contribution in [0.3, 0.4) is 0 Å². The molecule has 0 radical (unpaired) electrons. The van der Waals surface area contributed by atoms with Crippen LogP contribution in [0, 0.1) is 5.92 Å². The van der Waals surface area contributed by atoms with Gasteiger partial charge in [-0.05, 0) is 36.5 Å². The summed E-state index contributed by atoms with van der Waals surface area (Å²) in [5.41, 5.74) is 0.901. The van der Waals surface area contributed by atoms with Gasteiger partial charge in [-0.25, -0.2) is 4.79 Å². The average molecular weight is 409 g/mol. The van der Waals surface area contributed by atoms with Crippen molar-refractivity contribution in [2.75, 3.05) is 6.54 Å². The molecule has 0 unspecified atom stereocenters. The number of rotatable bonds is 10. The number of hydrogen-bond donors (Lipinski definition) is 2. The molecule has 5 nitrogen and oxygen atoms in total. The summed E-state index contributed by atoms with van der Waals surface area (Å²) < 4.78 is 28.0. The van der Waals surface area contributed by atoms with Crippen molar-refractivity contribution in [2.45, 2.75) is 64.0 Å². The van der Waals surface area contributed by atoms with Gasteiger partial charge in [-0.3, -0.25) is 4.79 Å². The number of hydrogen-bond acceptors (Lipinski definition) is 3. The SMILES string of the molecule is CCCC[C@H](C)[C@@H](O)C=C[C@H]1CC(F)(F)C(=O)N1CCc1ccc(C(=O)O)cc1. The van der Waals surface area contributed by atoms with Gasteiger partial charge in [0.25, 0.3) is 5.91 Å². The van der Waals surface area contributed by atoms with E-state index in [-0.39, 0.29) is 18.0 Å². The number of benzene rings is 1. The highest BCUT2D eigenvalue weighted by atomic mass is 19.3. The van der Waals surface area contributed by atoms with Gasteiger partial charge >= 0.3 is 11.9 Å². The molecule has 1 fully saturated rings. The quantitative estimate of drug-likeness (QED) is 0.575. The van der Waals surface area contributed by atoms with Crippen LogP contribution in [0.25, 0.3) is 0 Å². The number of halogens is 2. The Labute approximate surface area is 170 Å². The first-order valence-corrected chi connectivity index (χ1v) is 10.0. The van der Waals surface area contributed by atoms with Crippen LogP contribution in [-0.2, 0) is 11.2 Å². The second-order valence-corrected chi connectivity index (χ2v) is 7.72. The Bertz CT molecular complexity index is 733. The molecule has 2 N–H and O–H groups in total. The summed E-state index contributed by atoms with van der Waals surface area (Å²) in [5, 5.41) is 19.2. The highest BCUT2D eigenvalue weighted by molar-refractivity contribution is 5.87. The summed E-state index contributed by atoms with van der Waals surface area (Å²) >= 11 is 0. The molecular formula is C22H29F2NO4. The molecule has 1 aliphatic rings. The third kappa shape index (κ3) is 6.10. The van der Waals surface area contributed by atoms with Crippen LogP contribution in [0.4, 0.5) is 8.78 Å². The summed E-state index contributed by atoms with van der Waals surface area (Å²) in [5.74, 6) is -5.64. The van der Waals surface area contributed by atoms with E-state index in [4.69, 9.17) is 5.11 Å². The van der Waals surface area contributed by atoms with Gasteiger partial charge in [-0.15, -0.1) is 0 Å². The van der Waals surface area contributed by atoms with E-state index in [1.54, 1.807) is 12.1 Å². The first kappa shape index (κ1) is 23.0. The number of carboxylic acids is 1. The number of carbonyl (C=O) groups excluding carboxylic acids is 1. The van der Waals surface area contributed by atoms with Crippen LogP contribution in [0.1, 0.15) is 55.5 Å². The number of nitrogens with zero attached hydrogens (tertiary/aromatic N) is 1. The number of amides is 1. The molecule has 0 spiro atoms. The second-order valence-electron chi connectivity index (χ2n) is 7.72. The Morgan fingerprint density at radius 2 is 2.00 bits per heavy atom. The van der Waals surface area contributed by atoms with Crippen molar-refractivity contribution in [3.8, 4) is 0 Å². The van der Waals surface area contributed by atoms with Gasteiger partial charge in [-0.2, -0.15) is 8.78 Å². The van der Waals surface area contributed by atoms with E-state index in [1.165, 1.54) is 24.3 Å². The number of carboxylic acid groups (broad SMARTS) is 1. The molecule has 0 saturated carbocycles. The van der Waals surface area contributed by atoms with Crippen molar-refractivity contribution in [3.63, 3.8) is 0 Å².